The zero-order valence-corrected chi connectivity index (χ0v) is 13.2. The monoisotopic (exact) mass is 300 g/mol. The summed E-state index contributed by atoms with van der Waals surface area (Å²) in [6.45, 7) is 4.68. The SMILES string of the molecule is Cc1ccc(C(CO)(CO)CCS(=O)(=O)C(C)C)cc1. The standard InChI is InChI=1S/C15H24O4S/c1-12(2)20(18,19)9-8-15(10-16,11-17)14-6-4-13(3)5-7-14/h4-7,12,16-17H,8-11H2,1-3H3. The maximum atomic E-state index is 11.9. The largest absolute Gasteiger partial charge is 0.395 e. The van der Waals surface area contributed by atoms with Gasteiger partial charge in [0.25, 0.3) is 0 Å². The fourth-order valence-corrected chi connectivity index (χ4v) is 3.16. The molecule has 2 N–H and O–H groups in total. The van der Waals surface area contributed by atoms with Gasteiger partial charge in [-0.05, 0) is 32.8 Å². The van der Waals surface area contributed by atoms with Crippen molar-refractivity contribution in [3.63, 3.8) is 0 Å². The number of aliphatic hydroxyl groups excluding tert-OH is 2. The van der Waals surface area contributed by atoms with E-state index in [0.29, 0.717) is 0 Å². The topological polar surface area (TPSA) is 74.6 Å². The van der Waals surface area contributed by atoms with Crippen molar-refractivity contribution in [3.8, 4) is 0 Å². The van der Waals surface area contributed by atoms with Crippen molar-refractivity contribution < 1.29 is 18.6 Å². The first-order chi connectivity index (χ1) is 9.27. The molecule has 0 aliphatic heterocycles. The Bertz CT molecular complexity index is 513. The Hall–Kier alpha value is -0.910. The molecule has 1 aromatic carbocycles. The highest BCUT2D eigenvalue weighted by Crippen LogP contribution is 2.28. The van der Waals surface area contributed by atoms with Crippen molar-refractivity contribution in [2.75, 3.05) is 19.0 Å². The summed E-state index contributed by atoms with van der Waals surface area (Å²) in [4.78, 5) is 0. The Morgan fingerprint density at radius 2 is 1.60 bits per heavy atom. The Morgan fingerprint density at radius 1 is 1.10 bits per heavy atom. The second kappa shape index (κ2) is 6.70. The molecular weight excluding hydrogens is 276 g/mol. The van der Waals surface area contributed by atoms with Gasteiger partial charge in [-0.1, -0.05) is 29.8 Å². The lowest BCUT2D eigenvalue weighted by atomic mass is 9.79. The number of hydrogen-bond donors (Lipinski definition) is 2. The highest BCUT2D eigenvalue weighted by molar-refractivity contribution is 7.91. The van der Waals surface area contributed by atoms with Crippen LogP contribution in [0, 0.1) is 6.92 Å². The van der Waals surface area contributed by atoms with E-state index in [9.17, 15) is 18.6 Å². The van der Waals surface area contributed by atoms with Crippen LogP contribution >= 0.6 is 0 Å². The Morgan fingerprint density at radius 3 is 2.00 bits per heavy atom. The van der Waals surface area contributed by atoms with E-state index in [1.165, 1.54) is 0 Å². The van der Waals surface area contributed by atoms with Gasteiger partial charge < -0.3 is 10.2 Å². The van der Waals surface area contributed by atoms with Crippen LogP contribution < -0.4 is 0 Å². The molecule has 114 valence electrons. The molecule has 0 aliphatic rings. The van der Waals surface area contributed by atoms with Gasteiger partial charge in [0.1, 0.15) is 0 Å². The molecule has 4 nitrogen and oxygen atoms in total. The van der Waals surface area contributed by atoms with Crippen molar-refractivity contribution in [1.82, 2.24) is 0 Å². The maximum Gasteiger partial charge on any atom is 0.152 e. The van der Waals surface area contributed by atoms with Crippen LogP contribution in [-0.2, 0) is 15.3 Å². The Balaban J connectivity index is 3.01. The molecule has 0 bridgehead atoms. The predicted molar refractivity (Wildman–Crippen MR) is 80.6 cm³/mol. The average Bonchev–Trinajstić information content (AvgIpc) is 2.42. The van der Waals surface area contributed by atoms with Crippen LogP contribution in [0.5, 0.6) is 0 Å². The second-order valence-corrected chi connectivity index (χ2v) is 8.31. The van der Waals surface area contributed by atoms with Crippen molar-refractivity contribution in [2.24, 2.45) is 0 Å². The number of rotatable bonds is 7. The average molecular weight is 300 g/mol. The summed E-state index contributed by atoms with van der Waals surface area (Å²) >= 11 is 0. The number of hydrogen-bond acceptors (Lipinski definition) is 4. The summed E-state index contributed by atoms with van der Waals surface area (Å²) in [6.07, 6.45) is 0.212. The molecule has 0 heterocycles. The summed E-state index contributed by atoms with van der Waals surface area (Å²) < 4.78 is 23.9. The third-order valence-electron chi connectivity index (χ3n) is 3.85. The molecule has 0 saturated carbocycles. The first-order valence-electron chi connectivity index (χ1n) is 6.78. The molecule has 0 radical (unpaired) electrons. The predicted octanol–water partition coefficient (Wildman–Crippen LogP) is 1.43. The third-order valence-corrected chi connectivity index (χ3v) is 6.06. The third kappa shape index (κ3) is 3.81. The van der Waals surface area contributed by atoms with E-state index < -0.39 is 20.5 Å². The lowest BCUT2D eigenvalue weighted by Gasteiger charge is -2.30. The summed E-state index contributed by atoms with van der Waals surface area (Å²) in [7, 11) is -3.19. The van der Waals surface area contributed by atoms with Crippen molar-refractivity contribution >= 4 is 9.84 Å². The van der Waals surface area contributed by atoms with E-state index in [1.807, 2.05) is 31.2 Å². The van der Waals surface area contributed by atoms with Gasteiger partial charge in [0.05, 0.1) is 24.2 Å². The molecule has 0 atom stereocenters. The Kier molecular flexibility index (Phi) is 5.74. The van der Waals surface area contributed by atoms with Crippen molar-refractivity contribution in [2.45, 2.75) is 37.9 Å². The zero-order valence-electron chi connectivity index (χ0n) is 12.3. The minimum atomic E-state index is -3.19. The van der Waals surface area contributed by atoms with Crippen molar-refractivity contribution in [1.29, 1.82) is 0 Å². The van der Waals surface area contributed by atoms with Crippen molar-refractivity contribution in [3.05, 3.63) is 35.4 Å². The van der Waals surface area contributed by atoms with Gasteiger partial charge in [-0.25, -0.2) is 8.42 Å². The molecule has 0 spiro atoms. The quantitative estimate of drug-likeness (QED) is 0.799. The summed E-state index contributed by atoms with van der Waals surface area (Å²) in [6, 6.07) is 7.46. The summed E-state index contributed by atoms with van der Waals surface area (Å²) in [5, 5.41) is 18.9. The molecule has 1 aromatic rings. The van der Waals surface area contributed by atoms with E-state index in [1.54, 1.807) is 13.8 Å². The molecule has 1 rings (SSSR count). The van der Waals surface area contributed by atoms with Crippen LogP contribution in [0.2, 0.25) is 0 Å². The van der Waals surface area contributed by atoms with Crippen LogP contribution in [0.25, 0.3) is 0 Å². The van der Waals surface area contributed by atoms with E-state index >= 15 is 0 Å². The van der Waals surface area contributed by atoms with Gasteiger partial charge in [0.15, 0.2) is 9.84 Å². The van der Waals surface area contributed by atoms with Crippen LogP contribution in [0.4, 0.5) is 0 Å². The van der Waals surface area contributed by atoms with Gasteiger partial charge >= 0.3 is 0 Å². The molecule has 0 saturated heterocycles. The molecule has 0 aliphatic carbocycles. The maximum absolute atomic E-state index is 11.9. The van der Waals surface area contributed by atoms with Gasteiger partial charge in [-0.2, -0.15) is 0 Å². The molecule has 0 aromatic heterocycles. The van der Waals surface area contributed by atoms with Gasteiger partial charge in [0.2, 0.25) is 0 Å². The van der Waals surface area contributed by atoms with E-state index in [-0.39, 0.29) is 25.4 Å². The number of benzene rings is 1. The number of aryl methyl sites for hydroxylation is 1. The van der Waals surface area contributed by atoms with Gasteiger partial charge in [-0.3, -0.25) is 0 Å². The molecule has 0 fully saturated rings. The van der Waals surface area contributed by atoms with Crippen LogP contribution in [0.3, 0.4) is 0 Å². The first kappa shape index (κ1) is 17.1. The molecular formula is C15H24O4S. The smallest absolute Gasteiger partial charge is 0.152 e. The second-order valence-electron chi connectivity index (χ2n) is 5.63. The highest BCUT2D eigenvalue weighted by atomic mass is 32.2. The normalized spacial score (nSPS) is 12.9. The zero-order chi connectivity index (χ0) is 15.4. The first-order valence-corrected chi connectivity index (χ1v) is 8.49. The minimum absolute atomic E-state index is 0.0420. The molecule has 0 unspecified atom stereocenters. The molecule has 20 heavy (non-hydrogen) atoms. The Labute approximate surface area is 121 Å². The fourth-order valence-electron chi connectivity index (χ4n) is 2.02. The van der Waals surface area contributed by atoms with Gasteiger partial charge in [0, 0.05) is 5.41 Å². The number of aliphatic hydroxyl groups is 2. The highest BCUT2D eigenvalue weighted by Gasteiger charge is 2.33. The molecule has 0 amide bonds. The van der Waals surface area contributed by atoms with Gasteiger partial charge in [-0.15, -0.1) is 0 Å². The lowest BCUT2D eigenvalue weighted by Crippen LogP contribution is -2.37. The van der Waals surface area contributed by atoms with Crippen LogP contribution in [-0.4, -0.2) is 42.8 Å². The summed E-state index contributed by atoms with van der Waals surface area (Å²) in [5.41, 5.74) is 0.940. The summed E-state index contributed by atoms with van der Waals surface area (Å²) in [5.74, 6) is -0.0420. The van der Waals surface area contributed by atoms with Crippen LogP contribution in [0.15, 0.2) is 24.3 Å². The lowest BCUT2D eigenvalue weighted by molar-refractivity contribution is 0.113. The molecule has 5 heteroatoms. The van der Waals surface area contributed by atoms with E-state index in [4.69, 9.17) is 0 Å². The van der Waals surface area contributed by atoms with E-state index in [2.05, 4.69) is 0 Å². The minimum Gasteiger partial charge on any atom is -0.395 e. The number of sulfone groups is 1. The van der Waals surface area contributed by atoms with Crippen LogP contribution in [0.1, 0.15) is 31.4 Å². The van der Waals surface area contributed by atoms with E-state index in [0.717, 1.165) is 11.1 Å². The fraction of sp³-hybridized carbons (Fsp3) is 0.600.